The molecule has 5 nitrogen and oxygen atoms in total. The summed E-state index contributed by atoms with van der Waals surface area (Å²) in [6.07, 6.45) is 0.790. The second kappa shape index (κ2) is 4.91. The highest BCUT2D eigenvalue weighted by Crippen LogP contribution is 2.28. The van der Waals surface area contributed by atoms with Crippen LogP contribution in [0.5, 0.6) is 5.75 Å². The second-order valence-corrected chi connectivity index (χ2v) is 6.17. The van der Waals surface area contributed by atoms with Crippen molar-refractivity contribution >= 4 is 5.91 Å². The van der Waals surface area contributed by atoms with Crippen LogP contribution in [0.4, 0.5) is 0 Å². The van der Waals surface area contributed by atoms with E-state index < -0.39 is 0 Å². The second-order valence-electron chi connectivity index (χ2n) is 6.17. The number of nitrogens with one attached hydrogen (secondary N) is 2. The van der Waals surface area contributed by atoms with Gasteiger partial charge in [0.05, 0.1) is 7.11 Å². The summed E-state index contributed by atoms with van der Waals surface area (Å²) in [6, 6.07) is 7.64. The average molecular weight is 285 g/mol. The molecular formula is C16H19N3O2. The summed E-state index contributed by atoms with van der Waals surface area (Å²) in [5, 5.41) is 2.93. The van der Waals surface area contributed by atoms with Crippen LogP contribution in [-0.2, 0) is 6.42 Å². The van der Waals surface area contributed by atoms with E-state index in [-0.39, 0.29) is 11.3 Å². The molecule has 0 radical (unpaired) electrons. The van der Waals surface area contributed by atoms with Crippen LogP contribution in [0, 0.1) is 5.41 Å². The molecule has 0 fully saturated rings. The Labute approximate surface area is 123 Å². The molecule has 1 aromatic carbocycles. The SMILES string of the molecule is COc1cccc(-c2nc3c([nH]2)CC(C)(C)CNC3=O)c1. The summed E-state index contributed by atoms with van der Waals surface area (Å²) >= 11 is 0. The van der Waals surface area contributed by atoms with Crippen molar-refractivity contribution in [1.82, 2.24) is 15.3 Å². The number of aromatic nitrogens is 2. The van der Waals surface area contributed by atoms with E-state index in [4.69, 9.17) is 4.74 Å². The molecule has 5 heteroatoms. The first-order valence-corrected chi connectivity index (χ1v) is 7.00. The standard InChI is InChI=1S/C16H19N3O2/c1-16(2)8-12-13(15(20)17-9-16)19-14(18-12)10-5-4-6-11(7-10)21-3/h4-7H,8-9H2,1-3H3,(H,17,20)(H,18,19). The van der Waals surface area contributed by atoms with Gasteiger partial charge in [0.2, 0.25) is 0 Å². The van der Waals surface area contributed by atoms with Gasteiger partial charge in [-0.3, -0.25) is 4.79 Å². The highest BCUT2D eigenvalue weighted by atomic mass is 16.5. The van der Waals surface area contributed by atoms with Crippen molar-refractivity contribution in [2.24, 2.45) is 5.41 Å². The van der Waals surface area contributed by atoms with Gasteiger partial charge in [0.25, 0.3) is 5.91 Å². The molecule has 0 bridgehead atoms. The van der Waals surface area contributed by atoms with E-state index in [2.05, 4.69) is 29.1 Å². The Morgan fingerprint density at radius 3 is 2.90 bits per heavy atom. The first kappa shape index (κ1) is 13.7. The van der Waals surface area contributed by atoms with Crippen molar-refractivity contribution in [3.63, 3.8) is 0 Å². The van der Waals surface area contributed by atoms with E-state index in [9.17, 15) is 4.79 Å². The lowest BCUT2D eigenvalue weighted by Crippen LogP contribution is -2.32. The predicted octanol–water partition coefficient (Wildman–Crippen LogP) is 2.40. The monoisotopic (exact) mass is 285 g/mol. The molecule has 0 saturated heterocycles. The zero-order chi connectivity index (χ0) is 15.0. The van der Waals surface area contributed by atoms with Gasteiger partial charge in [-0.05, 0) is 24.0 Å². The molecule has 2 aromatic rings. The van der Waals surface area contributed by atoms with Gasteiger partial charge in [-0.15, -0.1) is 0 Å². The van der Waals surface area contributed by atoms with Gasteiger partial charge < -0.3 is 15.0 Å². The lowest BCUT2D eigenvalue weighted by molar-refractivity contribution is 0.0940. The van der Waals surface area contributed by atoms with E-state index in [1.807, 2.05) is 24.3 Å². The molecule has 110 valence electrons. The number of imidazole rings is 1. The summed E-state index contributed by atoms with van der Waals surface area (Å²) in [5.41, 5.74) is 2.32. The number of carbonyl (C=O) groups is 1. The minimum Gasteiger partial charge on any atom is -0.497 e. The van der Waals surface area contributed by atoms with Crippen LogP contribution in [0.2, 0.25) is 0 Å². The van der Waals surface area contributed by atoms with Crippen LogP contribution < -0.4 is 10.1 Å². The molecule has 2 heterocycles. The van der Waals surface area contributed by atoms with Crippen molar-refractivity contribution in [2.75, 3.05) is 13.7 Å². The summed E-state index contributed by atoms with van der Waals surface area (Å²) in [5.74, 6) is 1.36. The van der Waals surface area contributed by atoms with Crippen molar-refractivity contribution in [2.45, 2.75) is 20.3 Å². The maximum absolute atomic E-state index is 12.1. The predicted molar refractivity (Wildman–Crippen MR) is 80.4 cm³/mol. The van der Waals surface area contributed by atoms with Crippen molar-refractivity contribution in [1.29, 1.82) is 0 Å². The highest BCUT2D eigenvalue weighted by Gasteiger charge is 2.29. The third kappa shape index (κ3) is 2.63. The van der Waals surface area contributed by atoms with E-state index in [0.29, 0.717) is 18.1 Å². The number of nitrogens with zero attached hydrogens (tertiary/aromatic N) is 1. The number of H-pyrrole nitrogens is 1. The number of benzene rings is 1. The number of hydrogen-bond acceptors (Lipinski definition) is 3. The third-order valence-corrected chi connectivity index (χ3v) is 3.72. The van der Waals surface area contributed by atoms with E-state index in [1.54, 1.807) is 7.11 Å². The van der Waals surface area contributed by atoms with Crippen LogP contribution in [0.15, 0.2) is 24.3 Å². The Hall–Kier alpha value is -2.30. The van der Waals surface area contributed by atoms with E-state index >= 15 is 0 Å². The molecule has 3 rings (SSSR count). The van der Waals surface area contributed by atoms with Crippen LogP contribution in [0.3, 0.4) is 0 Å². The molecule has 0 spiro atoms. The average Bonchev–Trinajstić information content (AvgIpc) is 2.84. The lowest BCUT2D eigenvalue weighted by Gasteiger charge is -2.21. The fraction of sp³-hybridized carbons (Fsp3) is 0.375. The molecule has 0 unspecified atom stereocenters. The minimum atomic E-state index is -0.110. The number of rotatable bonds is 2. The first-order chi connectivity index (χ1) is 9.98. The summed E-state index contributed by atoms with van der Waals surface area (Å²) in [4.78, 5) is 19.9. The Balaban J connectivity index is 2.03. The molecule has 0 aliphatic carbocycles. The number of aromatic amines is 1. The fourth-order valence-corrected chi connectivity index (χ4v) is 2.58. The van der Waals surface area contributed by atoms with Crippen LogP contribution >= 0.6 is 0 Å². The van der Waals surface area contributed by atoms with Gasteiger partial charge in [0.15, 0.2) is 0 Å². The zero-order valence-corrected chi connectivity index (χ0v) is 12.5. The normalized spacial score (nSPS) is 16.8. The summed E-state index contributed by atoms with van der Waals surface area (Å²) in [6.45, 7) is 4.92. The van der Waals surface area contributed by atoms with Crippen molar-refractivity contribution in [3.8, 4) is 17.1 Å². The largest absolute Gasteiger partial charge is 0.497 e. The molecule has 0 saturated carbocycles. The molecule has 1 aliphatic heterocycles. The fourth-order valence-electron chi connectivity index (χ4n) is 2.58. The van der Waals surface area contributed by atoms with Gasteiger partial charge in [-0.1, -0.05) is 26.0 Å². The Bertz CT molecular complexity index is 689. The topological polar surface area (TPSA) is 67.0 Å². The highest BCUT2D eigenvalue weighted by molar-refractivity contribution is 5.94. The molecule has 1 amide bonds. The summed E-state index contributed by atoms with van der Waals surface area (Å²) in [7, 11) is 1.63. The molecule has 0 atom stereocenters. The Kier molecular flexibility index (Phi) is 3.20. The van der Waals surface area contributed by atoms with Crippen molar-refractivity contribution < 1.29 is 9.53 Å². The van der Waals surface area contributed by atoms with E-state index in [0.717, 1.165) is 23.4 Å². The zero-order valence-electron chi connectivity index (χ0n) is 12.5. The first-order valence-electron chi connectivity index (χ1n) is 7.00. The van der Waals surface area contributed by atoms with Gasteiger partial charge in [0, 0.05) is 17.8 Å². The van der Waals surface area contributed by atoms with Gasteiger partial charge in [-0.25, -0.2) is 4.98 Å². The van der Waals surface area contributed by atoms with Crippen LogP contribution in [0.25, 0.3) is 11.4 Å². The molecule has 1 aliphatic rings. The molecule has 2 N–H and O–H groups in total. The smallest absolute Gasteiger partial charge is 0.271 e. The number of carbonyl (C=O) groups excluding carboxylic acids is 1. The number of ether oxygens (including phenoxy) is 1. The quantitative estimate of drug-likeness (QED) is 0.890. The molecule has 1 aromatic heterocycles. The molecule has 21 heavy (non-hydrogen) atoms. The maximum atomic E-state index is 12.1. The number of fused-ring (bicyclic) bond motifs is 1. The number of methoxy groups -OCH3 is 1. The molecular weight excluding hydrogens is 266 g/mol. The Morgan fingerprint density at radius 2 is 2.14 bits per heavy atom. The minimum absolute atomic E-state index is 0.0130. The third-order valence-electron chi connectivity index (χ3n) is 3.72. The van der Waals surface area contributed by atoms with Gasteiger partial charge >= 0.3 is 0 Å². The summed E-state index contributed by atoms with van der Waals surface area (Å²) < 4.78 is 5.23. The number of hydrogen-bond donors (Lipinski definition) is 2. The van der Waals surface area contributed by atoms with Gasteiger partial charge in [0.1, 0.15) is 17.3 Å². The number of amides is 1. The Morgan fingerprint density at radius 1 is 1.33 bits per heavy atom. The van der Waals surface area contributed by atoms with Crippen LogP contribution in [-0.4, -0.2) is 29.5 Å². The van der Waals surface area contributed by atoms with E-state index in [1.165, 1.54) is 0 Å². The maximum Gasteiger partial charge on any atom is 0.271 e. The lowest BCUT2D eigenvalue weighted by atomic mass is 9.88. The van der Waals surface area contributed by atoms with Gasteiger partial charge in [-0.2, -0.15) is 0 Å². The van der Waals surface area contributed by atoms with Crippen molar-refractivity contribution in [3.05, 3.63) is 35.7 Å². The van der Waals surface area contributed by atoms with Crippen LogP contribution in [0.1, 0.15) is 30.0 Å².